The maximum atomic E-state index is 5.99. The Labute approximate surface area is 181 Å². The SMILES string of the molecule is Cc1cc2ccc3ccc(C)c4ccc(c1-c1ccc(Oc5ccccc5)cc1)c2c34. The Morgan fingerprint density at radius 3 is 1.97 bits per heavy atom. The molecule has 0 aliphatic heterocycles. The van der Waals surface area contributed by atoms with E-state index in [0.717, 1.165) is 11.5 Å². The quantitative estimate of drug-likeness (QED) is 0.271. The van der Waals surface area contributed by atoms with Gasteiger partial charge in [0.2, 0.25) is 0 Å². The molecule has 6 rings (SSSR count). The van der Waals surface area contributed by atoms with Gasteiger partial charge in [0.05, 0.1) is 0 Å². The lowest BCUT2D eigenvalue weighted by molar-refractivity contribution is 0.483. The van der Waals surface area contributed by atoms with Crippen molar-refractivity contribution in [3.63, 3.8) is 0 Å². The highest BCUT2D eigenvalue weighted by Gasteiger charge is 2.15. The predicted molar refractivity (Wildman–Crippen MR) is 132 cm³/mol. The van der Waals surface area contributed by atoms with E-state index in [4.69, 9.17) is 4.74 Å². The van der Waals surface area contributed by atoms with E-state index in [1.54, 1.807) is 0 Å². The molecule has 1 heteroatoms. The summed E-state index contributed by atoms with van der Waals surface area (Å²) in [5.74, 6) is 1.70. The lowest BCUT2D eigenvalue weighted by Gasteiger charge is -2.17. The van der Waals surface area contributed by atoms with Crippen LogP contribution in [0.15, 0.2) is 97.1 Å². The van der Waals surface area contributed by atoms with E-state index in [1.807, 2.05) is 30.3 Å². The lowest BCUT2D eigenvalue weighted by Crippen LogP contribution is -1.92. The molecule has 0 aromatic heterocycles. The summed E-state index contributed by atoms with van der Waals surface area (Å²) >= 11 is 0. The third-order valence-corrected chi connectivity index (χ3v) is 6.32. The first-order valence-corrected chi connectivity index (χ1v) is 10.7. The number of hydrogen-bond acceptors (Lipinski definition) is 1. The Morgan fingerprint density at radius 2 is 1.16 bits per heavy atom. The second-order valence-corrected chi connectivity index (χ2v) is 8.31. The van der Waals surface area contributed by atoms with Gasteiger partial charge in [0.1, 0.15) is 11.5 Å². The lowest BCUT2D eigenvalue weighted by atomic mass is 9.86. The molecule has 0 bridgehead atoms. The van der Waals surface area contributed by atoms with Crippen LogP contribution in [0.3, 0.4) is 0 Å². The van der Waals surface area contributed by atoms with Gasteiger partial charge in [-0.2, -0.15) is 0 Å². The van der Waals surface area contributed by atoms with Crippen LogP contribution in [0.25, 0.3) is 43.4 Å². The van der Waals surface area contributed by atoms with Gasteiger partial charge in [-0.15, -0.1) is 0 Å². The van der Waals surface area contributed by atoms with Crippen LogP contribution >= 0.6 is 0 Å². The Hall–Kier alpha value is -3.84. The Bertz CT molecular complexity index is 1540. The molecule has 0 heterocycles. The van der Waals surface area contributed by atoms with Crippen molar-refractivity contribution in [2.24, 2.45) is 0 Å². The molecule has 0 aliphatic carbocycles. The van der Waals surface area contributed by atoms with Crippen LogP contribution in [0.4, 0.5) is 0 Å². The summed E-state index contributed by atoms with van der Waals surface area (Å²) in [7, 11) is 0. The van der Waals surface area contributed by atoms with Crippen LogP contribution in [0.2, 0.25) is 0 Å². The van der Waals surface area contributed by atoms with Crippen LogP contribution in [0.1, 0.15) is 11.1 Å². The van der Waals surface area contributed by atoms with Crippen LogP contribution in [-0.4, -0.2) is 0 Å². The molecule has 0 spiro atoms. The van der Waals surface area contributed by atoms with Crippen molar-refractivity contribution in [2.45, 2.75) is 13.8 Å². The van der Waals surface area contributed by atoms with Gasteiger partial charge in [0.25, 0.3) is 0 Å². The zero-order valence-electron chi connectivity index (χ0n) is 17.6. The number of benzene rings is 6. The molecule has 1 nitrogen and oxygen atoms in total. The smallest absolute Gasteiger partial charge is 0.127 e. The summed E-state index contributed by atoms with van der Waals surface area (Å²) < 4.78 is 5.99. The molecule has 0 atom stereocenters. The summed E-state index contributed by atoms with van der Waals surface area (Å²) in [5, 5.41) is 8.01. The summed E-state index contributed by atoms with van der Waals surface area (Å²) in [6.07, 6.45) is 0. The van der Waals surface area contributed by atoms with Gasteiger partial charge in [-0.1, -0.05) is 72.8 Å². The van der Waals surface area contributed by atoms with Gasteiger partial charge in [0, 0.05) is 0 Å². The van der Waals surface area contributed by atoms with Crippen molar-refractivity contribution < 1.29 is 4.74 Å². The average Bonchev–Trinajstić information content (AvgIpc) is 2.80. The highest BCUT2D eigenvalue weighted by atomic mass is 16.5. The molecule has 31 heavy (non-hydrogen) atoms. The fourth-order valence-corrected chi connectivity index (χ4v) is 4.86. The number of rotatable bonds is 3. The topological polar surface area (TPSA) is 9.23 Å². The van der Waals surface area contributed by atoms with Crippen molar-refractivity contribution in [3.05, 3.63) is 108 Å². The Balaban J connectivity index is 1.54. The standard InChI is InChI=1S/C30H22O/c1-19-8-9-22-10-11-23-18-20(2)28(27-17-16-26(19)29(22)30(23)27)21-12-14-25(15-13-21)31-24-6-4-3-5-7-24/h3-18H,1-2H3. The molecule has 6 aromatic carbocycles. The van der Waals surface area contributed by atoms with Gasteiger partial charge in [-0.25, -0.2) is 0 Å². The zero-order valence-corrected chi connectivity index (χ0v) is 17.6. The van der Waals surface area contributed by atoms with Crippen molar-refractivity contribution >= 4 is 32.3 Å². The summed E-state index contributed by atoms with van der Waals surface area (Å²) in [6.45, 7) is 4.41. The molecule has 0 saturated carbocycles. The van der Waals surface area contributed by atoms with Crippen LogP contribution in [0.5, 0.6) is 11.5 Å². The molecule has 0 radical (unpaired) electrons. The zero-order chi connectivity index (χ0) is 20.9. The van der Waals surface area contributed by atoms with E-state index in [2.05, 4.69) is 80.6 Å². The average molecular weight is 399 g/mol. The first kappa shape index (κ1) is 18.0. The minimum Gasteiger partial charge on any atom is -0.457 e. The van der Waals surface area contributed by atoms with Gasteiger partial charge in [-0.05, 0) is 92.7 Å². The second kappa shape index (κ2) is 6.85. The van der Waals surface area contributed by atoms with Crippen LogP contribution < -0.4 is 4.74 Å². The van der Waals surface area contributed by atoms with Gasteiger partial charge in [0.15, 0.2) is 0 Å². The third kappa shape index (κ3) is 2.85. The Morgan fingerprint density at radius 1 is 0.516 bits per heavy atom. The molecule has 0 aliphatic rings. The largest absolute Gasteiger partial charge is 0.457 e. The monoisotopic (exact) mass is 398 g/mol. The number of aryl methyl sites for hydroxylation is 2. The fraction of sp³-hybridized carbons (Fsp3) is 0.0667. The molecule has 0 N–H and O–H groups in total. The molecule has 0 unspecified atom stereocenters. The highest BCUT2D eigenvalue weighted by molar-refractivity contribution is 6.26. The van der Waals surface area contributed by atoms with Crippen molar-refractivity contribution in [1.29, 1.82) is 0 Å². The normalized spacial score (nSPS) is 11.5. The van der Waals surface area contributed by atoms with Crippen LogP contribution in [0, 0.1) is 13.8 Å². The molecule has 6 aromatic rings. The summed E-state index contributed by atoms with van der Waals surface area (Å²) in [6, 6.07) is 34.3. The van der Waals surface area contributed by atoms with E-state index < -0.39 is 0 Å². The van der Waals surface area contributed by atoms with E-state index in [9.17, 15) is 0 Å². The fourth-order valence-electron chi connectivity index (χ4n) is 4.86. The number of para-hydroxylation sites is 1. The first-order valence-electron chi connectivity index (χ1n) is 10.7. The summed E-state index contributed by atoms with van der Waals surface area (Å²) in [4.78, 5) is 0. The van der Waals surface area contributed by atoms with Crippen molar-refractivity contribution in [2.75, 3.05) is 0 Å². The van der Waals surface area contributed by atoms with E-state index in [0.29, 0.717) is 0 Å². The second-order valence-electron chi connectivity index (χ2n) is 8.31. The van der Waals surface area contributed by atoms with E-state index in [-0.39, 0.29) is 0 Å². The van der Waals surface area contributed by atoms with Crippen molar-refractivity contribution in [1.82, 2.24) is 0 Å². The Kier molecular flexibility index (Phi) is 3.97. The minimum atomic E-state index is 0.848. The summed E-state index contributed by atoms with van der Waals surface area (Å²) in [5.41, 5.74) is 5.13. The highest BCUT2D eigenvalue weighted by Crippen LogP contribution is 2.42. The van der Waals surface area contributed by atoms with Gasteiger partial charge in [-0.3, -0.25) is 0 Å². The molecule has 0 saturated heterocycles. The van der Waals surface area contributed by atoms with Gasteiger partial charge < -0.3 is 4.74 Å². The number of ether oxygens (including phenoxy) is 1. The van der Waals surface area contributed by atoms with E-state index in [1.165, 1.54) is 54.6 Å². The number of hydrogen-bond donors (Lipinski definition) is 0. The van der Waals surface area contributed by atoms with Crippen molar-refractivity contribution in [3.8, 4) is 22.6 Å². The van der Waals surface area contributed by atoms with E-state index >= 15 is 0 Å². The molecule has 0 amide bonds. The third-order valence-electron chi connectivity index (χ3n) is 6.32. The maximum absolute atomic E-state index is 5.99. The molecular weight excluding hydrogens is 376 g/mol. The molecular formula is C30H22O. The van der Waals surface area contributed by atoms with Gasteiger partial charge >= 0.3 is 0 Å². The molecule has 148 valence electrons. The maximum Gasteiger partial charge on any atom is 0.127 e. The first-order chi connectivity index (χ1) is 15.2. The van der Waals surface area contributed by atoms with Crippen LogP contribution in [-0.2, 0) is 0 Å². The predicted octanol–water partition coefficient (Wildman–Crippen LogP) is 8.66. The minimum absolute atomic E-state index is 0.848. The molecule has 0 fully saturated rings.